The molecule has 1 N–H and O–H groups in total. The molecule has 1 aliphatic heterocycles. The van der Waals surface area contributed by atoms with E-state index in [4.69, 9.17) is 11.6 Å². The Balaban J connectivity index is 0.000000188. The summed E-state index contributed by atoms with van der Waals surface area (Å²) in [6.07, 6.45) is 1.69. The van der Waals surface area contributed by atoms with Gasteiger partial charge in [-0.25, -0.2) is 0 Å². The van der Waals surface area contributed by atoms with Gasteiger partial charge in [-0.3, -0.25) is 14.7 Å². The van der Waals surface area contributed by atoms with Crippen molar-refractivity contribution in [2.45, 2.75) is 19.6 Å². The number of nitrogens with one attached hydrogen (secondary N) is 1. The summed E-state index contributed by atoms with van der Waals surface area (Å²) >= 11 is 5.64. The van der Waals surface area contributed by atoms with Gasteiger partial charge in [-0.15, -0.1) is 5.92 Å². The number of anilines is 1. The summed E-state index contributed by atoms with van der Waals surface area (Å²) in [6.45, 7) is 5.32. The molecule has 42 heavy (non-hydrogen) atoms. The Hall–Kier alpha value is -3.84. The highest BCUT2D eigenvalue weighted by Crippen LogP contribution is 2.33. The second-order valence-electron chi connectivity index (χ2n) is 9.79. The molecule has 0 amide bonds. The average molecular weight is 598 g/mol. The molecule has 0 radical (unpaired) electrons. The fraction of sp³-hybridized carbons (Fsp3) is 0.312. The lowest BCUT2D eigenvalue weighted by atomic mass is 10.0. The van der Waals surface area contributed by atoms with Gasteiger partial charge in [0.25, 0.3) is 0 Å². The Bertz CT molecular complexity index is 1520. The number of carbonyl (C=O) groups excluding carboxylic acids is 1. The SMILES string of the molecule is CC#Cc1cncc2c1ccn2C.CN1CCN(Cc2ccc(C=O)cc2C(F)(F)F)CC1.CNc1ccc(Cl)cc1. The van der Waals surface area contributed by atoms with Gasteiger partial charge in [0.15, 0.2) is 0 Å². The van der Waals surface area contributed by atoms with E-state index in [0.717, 1.165) is 54.0 Å². The van der Waals surface area contributed by atoms with Crippen LogP contribution < -0.4 is 5.32 Å². The molecule has 0 unspecified atom stereocenters. The van der Waals surface area contributed by atoms with E-state index >= 15 is 0 Å². The molecule has 0 spiro atoms. The molecule has 4 aromatic rings. The lowest BCUT2D eigenvalue weighted by molar-refractivity contribution is -0.138. The summed E-state index contributed by atoms with van der Waals surface area (Å²) in [6, 6.07) is 13.4. The summed E-state index contributed by atoms with van der Waals surface area (Å²) in [5.74, 6) is 5.92. The summed E-state index contributed by atoms with van der Waals surface area (Å²) < 4.78 is 41.2. The minimum Gasteiger partial charge on any atom is -0.388 e. The number of piperazine rings is 1. The number of aldehydes is 1. The van der Waals surface area contributed by atoms with Crippen LogP contribution in [-0.4, -0.2) is 65.9 Å². The van der Waals surface area contributed by atoms with Gasteiger partial charge in [-0.2, -0.15) is 13.2 Å². The van der Waals surface area contributed by atoms with Crippen molar-refractivity contribution < 1.29 is 18.0 Å². The molecule has 3 heterocycles. The molecular formula is C32H35ClF3N5O. The lowest BCUT2D eigenvalue weighted by Gasteiger charge is -2.32. The highest BCUT2D eigenvalue weighted by atomic mass is 35.5. The number of carbonyl (C=O) groups is 1. The van der Waals surface area contributed by atoms with Crippen LogP contribution in [0.15, 0.2) is 67.1 Å². The summed E-state index contributed by atoms with van der Waals surface area (Å²) in [5.41, 5.74) is 2.79. The van der Waals surface area contributed by atoms with Crippen LogP contribution in [0.3, 0.4) is 0 Å². The number of hydrogen-bond acceptors (Lipinski definition) is 5. The number of nitrogens with zero attached hydrogens (tertiary/aromatic N) is 4. The van der Waals surface area contributed by atoms with E-state index < -0.39 is 11.7 Å². The topological polar surface area (TPSA) is 53.4 Å². The van der Waals surface area contributed by atoms with E-state index in [9.17, 15) is 18.0 Å². The number of likely N-dealkylation sites (N-methyl/N-ethyl adjacent to an activating group) is 1. The van der Waals surface area contributed by atoms with Gasteiger partial charge in [-0.1, -0.05) is 29.7 Å². The zero-order valence-electron chi connectivity index (χ0n) is 24.2. The maximum absolute atomic E-state index is 13.0. The van der Waals surface area contributed by atoms with Gasteiger partial charge in [0.2, 0.25) is 0 Å². The molecule has 0 atom stereocenters. The van der Waals surface area contributed by atoms with Gasteiger partial charge in [0.1, 0.15) is 6.29 Å². The quantitative estimate of drug-likeness (QED) is 0.212. The van der Waals surface area contributed by atoms with Crippen LogP contribution in [0.1, 0.15) is 34.0 Å². The third-order valence-corrected chi connectivity index (χ3v) is 7.02. The Kier molecular flexibility index (Phi) is 12.0. The zero-order valence-corrected chi connectivity index (χ0v) is 24.9. The molecule has 2 aromatic carbocycles. The molecular weight excluding hydrogens is 563 g/mol. The smallest absolute Gasteiger partial charge is 0.388 e. The fourth-order valence-corrected chi connectivity index (χ4v) is 4.48. The van der Waals surface area contributed by atoms with Crippen molar-refractivity contribution in [3.8, 4) is 11.8 Å². The second kappa shape index (κ2) is 15.4. The van der Waals surface area contributed by atoms with Gasteiger partial charge < -0.3 is 14.8 Å². The van der Waals surface area contributed by atoms with E-state index in [1.807, 2.05) is 74.2 Å². The van der Waals surface area contributed by atoms with Crippen molar-refractivity contribution in [2.24, 2.45) is 7.05 Å². The lowest BCUT2D eigenvalue weighted by Crippen LogP contribution is -2.44. The Morgan fingerprint density at radius 1 is 1.02 bits per heavy atom. The summed E-state index contributed by atoms with van der Waals surface area (Å²) in [7, 11) is 5.88. The first kappa shape index (κ1) is 32.7. The molecule has 0 bridgehead atoms. The monoisotopic (exact) mass is 597 g/mol. The summed E-state index contributed by atoms with van der Waals surface area (Å²) in [5, 5.41) is 4.94. The van der Waals surface area contributed by atoms with Gasteiger partial charge in [0.05, 0.1) is 22.8 Å². The van der Waals surface area contributed by atoms with E-state index in [1.54, 1.807) is 6.20 Å². The van der Waals surface area contributed by atoms with Gasteiger partial charge >= 0.3 is 6.18 Å². The van der Waals surface area contributed by atoms with Crippen LogP contribution in [0.2, 0.25) is 5.02 Å². The Morgan fingerprint density at radius 3 is 2.31 bits per heavy atom. The number of aromatic nitrogens is 2. The van der Waals surface area contributed by atoms with Crippen LogP contribution >= 0.6 is 11.6 Å². The van der Waals surface area contributed by atoms with Crippen LogP contribution in [0, 0.1) is 11.8 Å². The molecule has 10 heteroatoms. The largest absolute Gasteiger partial charge is 0.416 e. The van der Waals surface area contributed by atoms with Crippen LogP contribution in [-0.2, 0) is 19.8 Å². The Labute approximate surface area is 250 Å². The molecule has 1 saturated heterocycles. The van der Waals surface area contributed by atoms with Crippen molar-refractivity contribution in [3.05, 3.63) is 94.4 Å². The minimum atomic E-state index is -4.43. The van der Waals surface area contributed by atoms with E-state index in [2.05, 4.69) is 33.1 Å². The minimum absolute atomic E-state index is 0.0550. The number of fused-ring (bicyclic) bond motifs is 1. The highest BCUT2D eigenvalue weighted by Gasteiger charge is 2.34. The molecule has 0 saturated carbocycles. The van der Waals surface area contributed by atoms with E-state index in [0.29, 0.717) is 6.29 Å². The first-order chi connectivity index (χ1) is 20.0. The van der Waals surface area contributed by atoms with E-state index in [-0.39, 0.29) is 17.7 Å². The number of benzene rings is 2. The number of rotatable bonds is 4. The van der Waals surface area contributed by atoms with Crippen LogP contribution in [0.25, 0.3) is 10.9 Å². The number of halogens is 4. The molecule has 2 aromatic heterocycles. The van der Waals surface area contributed by atoms with Gasteiger partial charge in [-0.05, 0) is 55.9 Å². The first-order valence-electron chi connectivity index (χ1n) is 13.4. The second-order valence-corrected chi connectivity index (χ2v) is 10.2. The predicted molar refractivity (Wildman–Crippen MR) is 164 cm³/mol. The van der Waals surface area contributed by atoms with Crippen LogP contribution in [0.4, 0.5) is 18.9 Å². The Morgan fingerprint density at radius 2 is 1.71 bits per heavy atom. The van der Waals surface area contributed by atoms with Crippen molar-refractivity contribution in [2.75, 3.05) is 45.6 Å². The molecule has 222 valence electrons. The fourth-order valence-electron chi connectivity index (χ4n) is 4.35. The predicted octanol–water partition coefficient (Wildman–Crippen LogP) is 6.59. The highest BCUT2D eigenvalue weighted by molar-refractivity contribution is 6.30. The number of aryl methyl sites for hydroxylation is 1. The van der Waals surface area contributed by atoms with Crippen molar-refractivity contribution in [3.63, 3.8) is 0 Å². The third-order valence-electron chi connectivity index (χ3n) is 6.77. The van der Waals surface area contributed by atoms with Crippen molar-refractivity contribution >= 4 is 34.5 Å². The standard InChI is InChI=1S/C14H17F3N2O.C11H10N2.C7H8ClN/c1-18-4-6-19(7-5-18)9-12-3-2-11(10-20)8-13(12)14(15,16)17;1-3-4-9-7-12-8-11-10(9)5-6-13(11)2;1-9-7-4-2-6(8)3-5-7/h2-3,8,10H,4-7,9H2,1H3;5-8H,1-2H3;2-5,9H,1H3. The number of alkyl halides is 3. The molecule has 5 rings (SSSR count). The maximum atomic E-state index is 13.0. The molecule has 1 aliphatic rings. The van der Waals surface area contributed by atoms with Crippen molar-refractivity contribution in [1.29, 1.82) is 0 Å². The first-order valence-corrected chi connectivity index (χ1v) is 13.7. The zero-order chi connectivity index (χ0) is 30.7. The molecule has 1 fully saturated rings. The van der Waals surface area contributed by atoms with E-state index in [1.165, 1.54) is 17.5 Å². The molecule has 6 nitrogen and oxygen atoms in total. The number of hydrogen-bond donors (Lipinski definition) is 1. The third kappa shape index (κ3) is 9.35. The average Bonchev–Trinajstić information content (AvgIpc) is 3.36. The molecule has 0 aliphatic carbocycles. The maximum Gasteiger partial charge on any atom is 0.416 e. The normalized spacial score (nSPS) is 13.6. The number of pyridine rings is 1. The summed E-state index contributed by atoms with van der Waals surface area (Å²) in [4.78, 5) is 18.9. The van der Waals surface area contributed by atoms with Gasteiger partial charge in [0, 0.05) is 80.9 Å². The van der Waals surface area contributed by atoms with Crippen molar-refractivity contribution in [1.82, 2.24) is 19.4 Å². The van der Waals surface area contributed by atoms with Crippen LogP contribution in [0.5, 0.6) is 0 Å².